The number of allylic oxidation sites excluding steroid dienone is 2. The highest BCUT2D eigenvalue weighted by molar-refractivity contribution is 5.25. The molecule has 0 amide bonds. The third kappa shape index (κ3) is 6.48. The summed E-state index contributed by atoms with van der Waals surface area (Å²) in [6, 6.07) is 9.34. The van der Waals surface area contributed by atoms with Crippen molar-refractivity contribution in [2.45, 2.75) is 97.0 Å². The summed E-state index contributed by atoms with van der Waals surface area (Å²) in [4.78, 5) is 0. The van der Waals surface area contributed by atoms with Gasteiger partial charge in [-0.15, -0.1) is 0 Å². The van der Waals surface area contributed by atoms with E-state index < -0.39 is 0 Å². The third-order valence-electron chi connectivity index (χ3n) is 7.33. The van der Waals surface area contributed by atoms with Gasteiger partial charge in [0.25, 0.3) is 0 Å². The molecule has 3 rings (SSSR count). The zero-order valence-corrected chi connectivity index (χ0v) is 18.4. The van der Waals surface area contributed by atoms with E-state index >= 15 is 0 Å². The zero-order valence-electron chi connectivity index (χ0n) is 18.4. The highest BCUT2D eigenvalue weighted by Gasteiger charge is 2.30. The van der Waals surface area contributed by atoms with Gasteiger partial charge in [0.2, 0.25) is 0 Å². The monoisotopic (exact) mass is 382 g/mol. The molecule has 1 aromatic rings. The minimum Gasteiger partial charge on any atom is -0.377 e. The van der Waals surface area contributed by atoms with Crippen LogP contribution in [-0.2, 0) is 11.3 Å². The molecule has 0 saturated heterocycles. The first kappa shape index (κ1) is 21.6. The standard InChI is InChI=1S/C27H42O/c1-3-5-6-20-28-21-23-10-14-25(15-11-23)27-18-16-26(17-19-27)24-12-8-22(7-4-2)9-13-24/h4,7,10-11,14-15,22,24,26-27H,3,5-6,8-9,12-13,16-21H2,1-2H3/b7-4-/t22-,24-,26?,27?. The number of benzene rings is 1. The molecule has 2 aliphatic carbocycles. The van der Waals surface area contributed by atoms with Crippen molar-refractivity contribution >= 4 is 0 Å². The van der Waals surface area contributed by atoms with E-state index in [0.29, 0.717) is 0 Å². The van der Waals surface area contributed by atoms with Gasteiger partial charge in [-0.3, -0.25) is 0 Å². The molecule has 0 heterocycles. The molecule has 2 saturated carbocycles. The van der Waals surface area contributed by atoms with Crippen LogP contribution in [0.25, 0.3) is 0 Å². The van der Waals surface area contributed by atoms with Gasteiger partial charge in [-0.05, 0) is 99.5 Å². The fourth-order valence-electron chi connectivity index (χ4n) is 5.54. The molecular formula is C27H42O. The number of ether oxygens (including phenoxy) is 1. The molecule has 0 spiro atoms. The van der Waals surface area contributed by atoms with Crippen LogP contribution in [0.15, 0.2) is 36.4 Å². The molecule has 0 aromatic heterocycles. The predicted octanol–water partition coefficient (Wildman–Crippen LogP) is 8.05. The molecule has 0 N–H and O–H groups in total. The Bertz CT molecular complexity index is 556. The van der Waals surface area contributed by atoms with Gasteiger partial charge in [-0.2, -0.15) is 0 Å². The molecule has 156 valence electrons. The Balaban J connectivity index is 1.39. The van der Waals surface area contributed by atoms with Gasteiger partial charge < -0.3 is 4.74 Å². The lowest BCUT2D eigenvalue weighted by molar-refractivity contribution is 0.117. The first-order valence-corrected chi connectivity index (χ1v) is 12.1. The van der Waals surface area contributed by atoms with Gasteiger partial charge >= 0.3 is 0 Å². The Kier molecular flexibility index (Phi) is 9.12. The van der Waals surface area contributed by atoms with Crippen molar-refractivity contribution in [1.29, 1.82) is 0 Å². The lowest BCUT2D eigenvalue weighted by atomic mass is 9.68. The number of rotatable bonds is 9. The SMILES string of the molecule is C/C=C\[C@H]1CC[C@H](C2CCC(c3ccc(COCCCCC)cc3)CC2)CC1. The van der Waals surface area contributed by atoms with Gasteiger partial charge in [0.1, 0.15) is 0 Å². The summed E-state index contributed by atoms with van der Waals surface area (Å²) in [7, 11) is 0. The van der Waals surface area contributed by atoms with Crippen molar-refractivity contribution < 1.29 is 4.74 Å². The molecule has 0 aliphatic heterocycles. The summed E-state index contributed by atoms with van der Waals surface area (Å²) in [5.74, 6) is 3.66. The van der Waals surface area contributed by atoms with Crippen LogP contribution in [0, 0.1) is 17.8 Å². The van der Waals surface area contributed by atoms with Crippen molar-refractivity contribution in [2.75, 3.05) is 6.61 Å². The second kappa shape index (κ2) is 11.8. The van der Waals surface area contributed by atoms with Crippen molar-refractivity contribution in [3.8, 4) is 0 Å². The Labute approximate surface area is 174 Å². The molecule has 1 aromatic carbocycles. The molecule has 0 unspecified atom stereocenters. The summed E-state index contributed by atoms with van der Waals surface area (Å²) in [6.07, 6.45) is 19.9. The molecule has 2 aliphatic rings. The lowest BCUT2D eigenvalue weighted by Crippen LogP contribution is -2.25. The average Bonchev–Trinajstić information content (AvgIpc) is 2.75. The van der Waals surface area contributed by atoms with E-state index in [4.69, 9.17) is 4.74 Å². The van der Waals surface area contributed by atoms with E-state index in [1.165, 1.54) is 76.2 Å². The highest BCUT2D eigenvalue weighted by atomic mass is 16.5. The summed E-state index contributed by atoms with van der Waals surface area (Å²) in [5, 5.41) is 0. The average molecular weight is 383 g/mol. The summed E-state index contributed by atoms with van der Waals surface area (Å²) >= 11 is 0. The van der Waals surface area contributed by atoms with E-state index in [0.717, 1.165) is 36.9 Å². The van der Waals surface area contributed by atoms with Crippen LogP contribution in [-0.4, -0.2) is 6.61 Å². The van der Waals surface area contributed by atoms with Gasteiger partial charge in [-0.1, -0.05) is 56.2 Å². The zero-order chi connectivity index (χ0) is 19.6. The summed E-state index contributed by atoms with van der Waals surface area (Å²) in [5.41, 5.74) is 2.89. The van der Waals surface area contributed by atoms with Crippen molar-refractivity contribution in [1.82, 2.24) is 0 Å². The Hall–Kier alpha value is -1.08. The molecule has 28 heavy (non-hydrogen) atoms. The van der Waals surface area contributed by atoms with E-state index in [2.05, 4.69) is 50.3 Å². The lowest BCUT2D eigenvalue weighted by Gasteiger charge is -2.37. The molecule has 2 fully saturated rings. The van der Waals surface area contributed by atoms with Crippen LogP contribution in [0.5, 0.6) is 0 Å². The molecule has 0 atom stereocenters. The number of unbranched alkanes of at least 4 members (excludes halogenated alkanes) is 2. The second-order valence-corrected chi connectivity index (χ2v) is 9.31. The maximum Gasteiger partial charge on any atom is 0.0716 e. The van der Waals surface area contributed by atoms with E-state index in [9.17, 15) is 0 Å². The van der Waals surface area contributed by atoms with Crippen molar-refractivity contribution in [2.24, 2.45) is 17.8 Å². The summed E-state index contributed by atoms with van der Waals surface area (Å²) in [6.45, 7) is 6.07. The number of hydrogen-bond acceptors (Lipinski definition) is 1. The predicted molar refractivity (Wildman–Crippen MR) is 121 cm³/mol. The maximum atomic E-state index is 5.81. The minimum absolute atomic E-state index is 0.770. The van der Waals surface area contributed by atoms with Crippen LogP contribution in [0.2, 0.25) is 0 Å². The first-order chi connectivity index (χ1) is 13.8. The first-order valence-electron chi connectivity index (χ1n) is 12.1. The smallest absolute Gasteiger partial charge is 0.0716 e. The van der Waals surface area contributed by atoms with Crippen LogP contribution in [0.4, 0.5) is 0 Å². The maximum absolute atomic E-state index is 5.81. The second-order valence-electron chi connectivity index (χ2n) is 9.31. The molecule has 0 bridgehead atoms. The van der Waals surface area contributed by atoms with E-state index in [-0.39, 0.29) is 0 Å². The number of hydrogen-bond donors (Lipinski definition) is 0. The van der Waals surface area contributed by atoms with E-state index in [1.54, 1.807) is 5.56 Å². The highest BCUT2D eigenvalue weighted by Crippen LogP contribution is 2.44. The van der Waals surface area contributed by atoms with Crippen LogP contribution in [0.3, 0.4) is 0 Å². The normalized spacial score (nSPS) is 28.6. The van der Waals surface area contributed by atoms with Crippen LogP contribution >= 0.6 is 0 Å². The van der Waals surface area contributed by atoms with Crippen LogP contribution < -0.4 is 0 Å². The molecule has 1 nitrogen and oxygen atoms in total. The van der Waals surface area contributed by atoms with Crippen molar-refractivity contribution in [3.63, 3.8) is 0 Å². The van der Waals surface area contributed by atoms with Gasteiger partial charge in [-0.25, -0.2) is 0 Å². The largest absolute Gasteiger partial charge is 0.377 e. The van der Waals surface area contributed by atoms with E-state index in [1.807, 2.05) is 0 Å². The minimum atomic E-state index is 0.770. The van der Waals surface area contributed by atoms with Crippen LogP contribution in [0.1, 0.15) is 102 Å². The topological polar surface area (TPSA) is 9.23 Å². The Morgan fingerprint density at radius 3 is 2.11 bits per heavy atom. The van der Waals surface area contributed by atoms with Crippen molar-refractivity contribution in [3.05, 3.63) is 47.5 Å². The third-order valence-corrected chi connectivity index (χ3v) is 7.33. The fourth-order valence-corrected chi connectivity index (χ4v) is 5.54. The molecule has 1 heteroatoms. The Morgan fingerprint density at radius 2 is 1.50 bits per heavy atom. The Morgan fingerprint density at radius 1 is 0.857 bits per heavy atom. The van der Waals surface area contributed by atoms with Gasteiger partial charge in [0.15, 0.2) is 0 Å². The molecule has 0 radical (unpaired) electrons. The van der Waals surface area contributed by atoms with Gasteiger partial charge in [0.05, 0.1) is 6.61 Å². The quantitative estimate of drug-likeness (QED) is 0.310. The van der Waals surface area contributed by atoms with Gasteiger partial charge in [0, 0.05) is 6.61 Å². The summed E-state index contributed by atoms with van der Waals surface area (Å²) < 4.78 is 5.81. The molecular weight excluding hydrogens is 340 g/mol. The fraction of sp³-hybridized carbons (Fsp3) is 0.704.